The van der Waals surface area contributed by atoms with Crippen LogP contribution in [0, 0.1) is 17.5 Å². The highest BCUT2D eigenvalue weighted by Crippen LogP contribution is 2.44. The van der Waals surface area contributed by atoms with Crippen LogP contribution in [0.4, 0.5) is 13.2 Å². The lowest BCUT2D eigenvalue weighted by Gasteiger charge is -2.49. The SMILES string of the molecule is CCOC1(CCc2cc(F)c(F)cc2F)CCCC[Si]1(OCC)OCC. The first kappa shape index (κ1) is 21.4. The molecule has 148 valence electrons. The van der Waals surface area contributed by atoms with Gasteiger partial charge in [0, 0.05) is 25.9 Å². The highest BCUT2D eigenvalue weighted by molar-refractivity contribution is 6.70. The monoisotopic (exact) mass is 390 g/mol. The zero-order chi connectivity index (χ0) is 19.2. The smallest absolute Gasteiger partial charge is 0.371 e. The Morgan fingerprint density at radius 2 is 1.58 bits per heavy atom. The molecule has 0 aromatic heterocycles. The van der Waals surface area contributed by atoms with E-state index in [0.29, 0.717) is 32.3 Å². The van der Waals surface area contributed by atoms with Crippen molar-refractivity contribution in [3.05, 3.63) is 35.1 Å². The first-order chi connectivity index (χ1) is 12.4. The Morgan fingerprint density at radius 1 is 0.923 bits per heavy atom. The van der Waals surface area contributed by atoms with Crippen molar-refractivity contribution in [1.82, 2.24) is 0 Å². The summed E-state index contributed by atoms with van der Waals surface area (Å²) in [5.74, 6) is -2.93. The fourth-order valence-electron chi connectivity index (χ4n) is 4.04. The molecule has 1 atom stereocenters. The van der Waals surface area contributed by atoms with Crippen molar-refractivity contribution < 1.29 is 26.8 Å². The molecular formula is C19H29F3O3Si. The Labute approximate surface area is 155 Å². The van der Waals surface area contributed by atoms with Gasteiger partial charge in [0.2, 0.25) is 0 Å². The Kier molecular flexibility index (Phi) is 7.70. The Hall–Kier alpha value is -0.893. The van der Waals surface area contributed by atoms with Gasteiger partial charge in [-0.2, -0.15) is 0 Å². The molecule has 1 unspecified atom stereocenters. The normalized spacial score (nSPS) is 22.5. The summed E-state index contributed by atoms with van der Waals surface area (Å²) in [7, 11) is -2.69. The molecule has 1 aromatic carbocycles. The van der Waals surface area contributed by atoms with Crippen molar-refractivity contribution in [1.29, 1.82) is 0 Å². The van der Waals surface area contributed by atoms with Gasteiger partial charge in [0.25, 0.3) is 0 Å². The van der Waals surface area contributed by atoms with Crippen LogP contribution in [0.5, 0.6) is 0 Å². The molecule has 3 nitrogen and oxygen atoms in total. The van der Waals surface area contributed by atoms with Gasteiger partial charge in [0.15, 0.2) is 11.6 Å². The summed E-state index contributed by atoms with van der Waals surface area (Å²) < 4.78 is 59.5. The third-order valence-corrected chi connectivity index (χ3v) is 9.65. The second kappa shape index (κ2) is 9.35. The first-order valence-electron chi connectivity index (χ1n) is 9.49. The molecule has 1 aliphatic heterocycles. The minimum absolute atomic E-state index is 0.157. The molecule has 1 aromatic rings. The van der Waals surface area contributed by atoms with Gasteiger partial charge in [-0.15, -0.1) is 0 Å². The lowest BCUT2D eigenvalue weighted by atomic mass is 10.0. The maximum atomic E-state index is 14.1. The van der Waals surface area contributed by atoms with Crippen molar-refractivity contribution in [2.75, 3.05) is 19.8 Å². The Bertz CT molecular complexity index is 584. The standard InChI is InChI=1S/C19H29F3O3Si/c1-4-23-19(10-7-8-12-26(19,24-5-2)25-6-3)11-9-15-13-17(21)18(22)14-16(15)20/h13-14H,4-12H2,1-3H3. The first-order valence-corrected chi connectivity index (χ1v) is 11.5. The van der Waals surface area contributed by atoms with Gasteiger partial charge in [0.05, 0.1) is 0 Å². The summed E-state index contributed by atoms with van der Waals surface area (Å²) >= 11 is 0. The lowest BCUT2D eigenvalue weighted by molar-refractivity contribution is -0.0454. The van der Waals surface area contributed by atoms with Crippen LogP contribution < -0.4 is 0 Å². The summed E-state index contributed by atoms with van der Waals surface area (Å²) in [6, 6.07) is 2.38. The topological polar surface area (TPSA) is 27.7 Å². The summed E-state index contributed by atoms with van der Waals surface area (Å²) in [5.41, 5.74) is 0.157. The summed E-state index contributed by atoms with van der Waals surface area (Å²) in [5, 5.41) is -0.608. The zero-order valence-electron chi connectivity index (χ0n) is 15.9. The second-order valence-corrected chi connectivity index (χ2v) is 10.1. The van der Waals surface area contributed by atoms with E-state index in [-0.39, 0.29) is 12.0 Å². The van der Waals surface area contributed by atoms with Crippen molar-refractivity contribution in [2.45, 2.75) is 64.1 Å². The molecule has 26 heavy (non-hydrogen) atoms. The van der Waals surface area contributed by atoms with Crippen LogP contribution in [-0.2, 0) is 20.0 Å². The predicted octanol–water partition coefficient (Wildman–Crippen LogP) is 5.05. The quantitative estimate of drug-likeness (QED) is 0.436. The average Bonchev–Trinajstić information content (AvgIpc) is 2.60. The molecular weight excluding hydrogens is 361 g/mol. The minimum atomic E-state index is -2.69. The number of benzene rings is 1. The average molecular weight is 391 g/mol. The second-order valence-electron chi connectivity index (χ2n) is 6.61. The molecule has 1 heterocycles. The van der Waals surface area contributed by atoms with Crippen LogP contribution >= 0.6 is 0 Å². The number of rotatable bonds is 9. The van der Waals surface area contributed by atoms with E-state index in [1.807, 2.05) is 20.8 Å². The van der Waals surface area contributed by atoms with E-state index in [2.05, 4.69) is 0 Å². The molecule has 0 aliphatic carbocycles. The predicted molar refractivity (Wildman–Crippen MR) is 96.7 cm³/mol. The molecule has 0 N–H and O–H groups in total. The summed E-state index contributed by atoms with van der Waals surface area (Å²) in [4.78, 5) is 0. The molecule has 0 radical (unpaired) electrons. The molecule has 0 saturated carbocycles. The van der Waals surface area contributed by atoms with E-state index >= 15 is 0 Å². The van der Waals surface area contributed by atoms with Crippen LogP contribution in [0.2, 0.25) is 6.04 Å². The van der Waals surface area contributed by atoms with Crippen molar-refractivity contribution in [2.24, 2.45) is 0 Å². The van der Waals surface area contributed by atoms with Crippen LogP contribution in [0.1, 0.15) is 52.0 Å². The van der Waals surface area contributed by atoms with Gasteiger partial charge in [-0.25, -0.2) is 13.2 Å². The molecule has 1 aliphatic rings. The van der Waals surface area contributed by atoms with Crippen molar-refractivity contribution in [3.63, 3.8) is 0 Å². The highest BCUT2D eigenvalue weighted by atomic mass is 28.4. The molecule has 0 amide bonds. The van der Waals surface area contributed by atoms with E-state index in [4.69, 9.17) is 13.6 Å². The van der Waals surface area contributed by atoms with Crippen LogP contribution in [0.25, 0.3) is 0 Å². The number of ether oxygens (including phenoxy) is 1. The molecule has 7 heteroatoms. The number of hydrogen-bond acceptors (Lipinski definition) is 3. The minimum Gasteiger partial charge on any atom is -0.393 e. The van der Waals surface area contributed by atoms with Gasteiger partial charge < -0.3 is 13.6 Å². The number of hydrogen-bond donors (Lipinski definition) is 0. The van der Waals surface area contributed by atoms with Gasteiger partial charge in [-0.1, -0.05) is 12.8 Å². The molecule has 0 spiro atoms. The molecule has 0 bridgehead atoms. The summed E-state index contributed by atoms with van der Waals surface area (Å²) in [6.07, 6.45) is 3.49. The Morgan fingerprint density at radius 3 is 2.19 bits per heavy atom. The van der Waals surface area contributed by atoms with Gasteiger partial charge in [-0.05, 0) is 57.7 Å². The molecule has 1 fully saturated rings. The van der Waals surface area contributed by atoms with Crippen molar-refractivity contribution in [3.8, 4) is 0 Å². The van der Waals surface area contributed by atoms with Crippen molar-refractivity contribution >= 4 is 8.56 Å². The summed E-state index contributed by atoms with van der Waals surface area (Å²) in [6.45, 7) is 7.35. The van der Waals surface area contributed by atoms with Gasteiger partial charge >= 0.3 is 8.56 Å². The molecule has 1 saturated heterocycles. The molecule has 2 rings (SSSR count). The fraction of sp³-hybridized carbons (Fsp3) is 0.684. The highest BCUT2D eigenvalue weighted by Gasteiger charge is 2.59. The maximum Gasteiger partial charge on any atom is 0.371 e. The van der Waals surface area contributed by atoms with E-state index in [1.54, 1.807) is 0 Å². The van der Waals surface area contributed by atoms with E-state index < -0.39 is 31.2 Å². The third-order valence-electron chi connectivity index (χ3n) is 5.09. The van der Waals surface area contributed by atoms with Crippen LogP contribution in [-0.4, -0.2) is 33.6 Å². The van der Waals surface area contributed by atoms with E-state index in [0.717, 1.165) is 31.4 Å². The van der Waals surface area contributed by atoms with E-state index in [9.17, 15) is 13.2 Å². The third kappa shape index (κ3) is 4.32. The number of halogens is 3. The van der Waals surface area contributed by atoms with Gasteiger partial charge in [0.1, 0.15) is 11.0 Å². The zero-order valence-corrected chi connectivity index (χ0v) is 16.9. The fourth-order valence-corrected chi connectivity index (χ4v) is 8.47. The van der Waals surface area contributed by atoms with E-state index in [1.165, 1.54) is 0 Å². The Balaban J connectivity index is 2.33. The van der Waals surface area contributed by atoms with Crippen LogP contribution in [0.3, 0.4) is 0 Å². The van der Waals surface area contributed by atoms with Crippen LogP contribution in [0.15, 0.2) is 12.1 Å². The largest absolute Gasteiger partial charge is 0.393 e. The van der Waals surface area contributed by atoms with Gasteiger partial charge in [-0.3, -0.25) is 0 Å². The lowest BCUT2D eigenvalue weighted by Crippen LogP contribution is -2.66. The maximum absolute atomic E-state index is 14.1. The number of aryl methyl sites for hydroxylation is 1.